The van der Waals surface area contributed by atoms with E-state index in [1.165, 1.54) is 11.0 Å². The van der Waals surface area contributed by atoms with Gasteiger partial charge in [0.1, 0.15) is 0 Å². The Hall–Kier alpha value is -4.00. The summed E-state index contributed by atoms with van der Waals surface area (Å²) in [5.41, 5.74) is 3.60. The smallest absolute Gasteiger partial charge is 0.313 e. The number of aryl methyl sites for hydroxylation is 1. The van der Waals surface area contributed by atoms with Gasteiger partial charge in [-0.05, 0) is 49.2 Å². The lowest BCUT2D eigenvalue weighted by atomic mass is 10.0. The fourth-order valence-electron chi connectivity index (χ4n) is 3.17. The highest BCUT2D eigenvalue weighted by atomic mass is 16.2. The first-order valence-corrected chi connectivity index (χ1v) is 10.2. The number of hydrogen-bond acceptors (Lipinski definition) is 4. The molecular formula is C25H26N4O3. The van der Waals surface area contributed by atoms with Crippen molar-refractivity contribution in [2.45, 2.75) is 19.4 Å². The van der Waals surface area contributed by atoms with E-state index in [2.05, 4.69) is 15.6 Å². The molecule has 0 spiro atoms. The van der Waals surface area contributed by atoms with Crippen LogP contribution in [0.3, 0.4) is 0 Å². The minimum absolute atomic E-state index is 0.195. The lowest BCUT2D eigenvalue weighted by molar-refractivity contribution is -0.136. The van der Waals surface area contributed by atoms with E-state index in [9.17, 15) is 14.4 Å². The molecule has 7 nitrogen and oxygen atoms in total. The molecule has 32 heavy (non-hydrogen) atoms. The monoisotopic (exact) mass is 430 g/mol. The highest BCUT2D eigenvalue weighted by Crippen LogP contribution is 2.18. The van der Waals surface area contributed by atoms with Crippen LogP contribution in [0.15, 0.2) is 72.9 Å². The molecule has 3 amide bonds. The topological polar surface area (TPSA) is 91.4 Å². The van der Waals surface area contributed by atoms with Crippen LogP contribution in [0.5, 0.6) is 0 Å². The van der Waals surface area contributed by atoms with Crippen molar-refractivity contribution >= 4 is 23.4 Å². The zero-order chi connectivity index (χ0) is 23.1. The summed E-state index contributed by atoms with van der Waals surface area (Å²) in [7, 11) is 3.29. The highest BCUT2D eigenvalue weighted by Gasteiger charge is 2.22. The van der Waals surface area contributed by atoms with Crippen LogP contribution in [0, 0.1) is 6.92 Å². The van der Waals surface area contributed by atoms with Crippen molar-refractivity contribution in [3.8, 4) is 0 Å². The lowest BCUT2D eigenvalue weighted by Crippen LogP contribution is -2.39. The van der Waals surface area contributed by atoms with Gasteiger partial charge in [0.05, 0.1) is 11.7 Å². The first-order chi connectivity index (χ1) is 15.3. The predicted molar refractivity (Wildman–Crippen MR) is 123 cm³/mol. The van der Waals surface area contributed by atoms with Gasteiger partial charge < -0.3 is 15.5 Å². The summed E-state index contributed by atoms with van der Waals surface area (Å²) in [5.74, 6) is -1.79. The van der Waals surface area contributed by atoms with Gasteiger partial charge in [0.15, 0.2) is 0 Å². The van der Waals surface area contributed by atoms with Crippen molar-refractivity contribution in [2.75, 3.05) is 19.4 Å². The molecule has 164 valence electrons. The molecule has 1 aromatic heterocycles. The molecule has 2 aromatic carbocycles. The van der Waals surface area contributed by atoms with E-state index in [-0.39, 0.29) is 5.91 Å². The maximum atomic E-state index is 12.7. The molecule has 0 radical (unpaired) electrons. The second-order valence-electron chi connectivity index (χ2n) is 7.70. The number of amides is 3. The SMILES string of the molecule is Cc1ccc(CC(NC(=O)C(=O)Nc2cccc(C(=O)N(C)C)c2)c2ccccn2)cc1. The quantitative estimate of drug-likeness (QED) is 0.588. The number of hydrogen-bond donors (Lipinski definition) is 2. The molecule has 0 fully saturated rings. The van der Waals surface area contributed by atoms with Crippen LogP contribution in [-0.4, -0.2) is 41.7 Å². The summed E-state index contributed by atoms with van der Waals surface area (Å²) in [6, 6.07) is 19.4. The third-order valence-electron chi connectivity index (χ3n) is 4.89. The molecule has 1 heterocycles. The van der Waals surface area contributed by atoms with Gasteiger partial charge in [-0.25, -0.2) is 0 Å². The Balaban J connectivity index is 1.73. The van der Waals surface area contributed by atoms with Crippen molar-refractivity contribution in [1.29, 1.82) is 0 Å². The van der Waals surface area contributed by atoms with Crippen LogP contribution in [-0.2, 0) is 16.0 Å². The van der Waals surface area contributed by atoms with E-state index in [0.29, 0.717) is 23.4 Å². The normalized spacial score (nSPS) is 11.3. The van der Waals surface area contributed by atoms with E-state index in [4.69, 9.17) is 0 Å². The second-order valence-corrected chi connectivity index (χ2v) is 7.70. The molecule has 1 unspecified atom stereocenters. The van der Waals surface area contributed by atoms with Gasteiger partial charge in [-0.2, -0.15) is 0 Å². The molecule has 7 heteroatoms. The first kappa shape index (κ1) is 22.7. The third-order valence-corrected chi connectivity index (χ3v) is 4.89. The first-order valence-electron chi connectivity index (χ1n) is 10.2. The van der Waals surface area contributed by atoms with Gasteiger partial charge in [0.25, 0.3) is 5.91 Å². The molecule has 0 aliphatic carbocycles. The summed E-state index contributed by atoms with van der Waals surface area (Å²) in [4.78, 5) is 43.2. The highest BCUT2D eigenvalue weighted by molar-refractivity contribution is 6.39. The van der Waals surface area contributed by atoms with Crippen LogP contribution in [0.4, 0.5) is 5.69 Å². The number of carbonyl (C=O) groups excluding carboxylic acids is 3. The molecular weight excluding hydrogens is 404 g/mol. The largest absolute Gasteiger partial charge is 0.345 e. The van der Waals surface area contributed by atoms with Gasteiger partial charge in [-0.1, -0.05) is 42.0 Å². The molecule has 0 saturated heterocycles. The number of carbonyl (C=O) groups is 3. The van der Waals surface area contributed by atoms with Crippen LogP contribution < -0.4 is 10.6 Å². The average molecular weight is 431 g/mol. The van der Waals surface area contributed by atoms with Crippen molar-refractivity contribution < 1.29 is 14.4 Å². The maximum absolute atomic E-state index is 12.7. The predicted octanol–water partition coefficient (Wildman–Crippen LogP) is 3.13. The van der Waals surface area contributed by atoms with Crippen LogP contribution >= 0.6 is 0 Å². The Bertz CT molecular complexity index is 1100. The summed E-state index contributed by atoms with van der Waals surface area (Å²) in [6.07, 6.45) is 2.14. The molecule has 3 aromatic rings. The fraction of sp³-hybridized carbons (Fsp3) is 0.200. The average Bonchev–Trinajstić information content (AvgIpc) is 2.80. The Morgan fingerprint density at radius 1 is 0.938 bits per heavy atom. The summed E-state index contributed by atoms with van der Waals surface area (Å²) in [6.45, 7) is 2.01. The number of rotatable bonds is 6. The number of nitrogens with zero attached hydrogens (tertiary/aromatic N) is 2. The van der Waals surface area contributed by atoms with E-state index in [0.717, 1.165) is 11.1 Å². The number of benzene rings is 2. The molecule has 0 aliphatic rings. The van der Waals surface area contributed by atoms with Gasteiger partial charge >= 0.3 is 11.8 Å². The Morgan fingerprint density at radius 2 is 1.69 bits per heavy atom. The zero-order valence-electron chi connectivity index (χ0n) is 18.3. The second kappa shape index (κ2) is 10.3. The van der Waals surface area contributed by atoms with Crippen molar-refractivity contribution in [3.05, 3.63) is 95.3 Å². The number of pyridine rings is 1. The number of nitrogens with one attached hydrogen (secondary N) is 2. The Labute approximate surface area is 187 Å². The van der Waals surface area contributed by atoms with Gasteiger partial charge in [-0.15, -0.1) is 0 Å². The summed E-state index contributed by atoms with van der Waals surface area (Å²) in [5, 5.41) is 5.35. The van der Waals surface area contributed by atoms with Crippen molar-refractivity contribution in [2.24, 2.45) is 0 Å². The standard InChI is InChI=1S/C25H26N4O3/c1-17-10-12-18(13-11-17)15-22(21-9-4-5-14-26-21)28-24(31)23(30)27-20-8-6-7-19(16-20)25(32)29(2)3/h4-14,16,22H,15H2,1-3H3,(H,27,30)(H,28,31). The minimum atomic E-state index is -0.815. The summed E-state index contributed by atoms with van der Waals surface area (Å²) < 4.78 is 0. The Kier molecular flexibility index (Phi) is 7.33. The van der Waals surface area contributed by atoms with Crippen molar-refractivity contribution in [1.82, 2.24) is 15.2 Å². The molecule has 2 N–H and O–H groups in total. The molecule has 0 aliphatic heterocycles. The van der Waals surface area contributed by atoms with E-state index in [1.807, 2.05) is 43.3 Å². The molecule has 0 saturated carbocycles. The number of aromatic nitrogens is 1. The molecule has 1 atom stereocenters. The van der Waals surface area contributed by atoms with Gasteiger partial charge in [0.2, 0.25) is 0 Å². The lowest BCUT2D eigenvalue weighted by Gasteiger charge is -2.18. The summed E-state index contributed by atoms with van der Waals surface area (Å²) >= 11 is 0. The molecule has 0 bridgehead atoms. The zero-order valence-corrected chi connectivity index (χ0v) is 18.3. The fourth-order valence-corrected chi connectivity index (χ4v) is 3.17. The van der Waals surface area contributed by atoms with E-state index < -0.39 is 17.9 Å². The minimum Gasteiger partial charge on any atom is -0.345 e. The van der Waals surface area contributed by atoms with E-state index in [1.54, 1.807) is 44.6 Å². The van der Waals surface area contributed by atoms with Crippen LogP contribution in [0.25, 0.3) is 0 Å². The van der Waals surface area contributed by atoms with Crippen LogP contribution in [0.1, 0.15) is 33.2 Å². The molecule has 3 rings (SSSR count). The van der Waals surface area contributed by atoms with E-state index >= 15 is 0 Å². The van der Waals surface area contributed by atoms with Crippen LogP contribution in [0.2, 0.25) is 0 Å². The Morgan fingerprint density at radius 3 is 2.34 bits per heavy atom. The van der Waals surface area contributed by atoms with Gasteiger partial charge in [0, 0.05) is 31.5 Å². The maximum Gasteiger partial charge on any atom is 0.313 e. The van der Waals surface area contributed by atoms with Gasteiger partial charge in [-0.3, -0.25) is 19.4 Å². The van der Waals surface area contributed by atoms with Crippen molar-refractivity contribution in [3.63, 3.8) is 0 Å². The number of anilines is 1. The third kappa shape index (κ3) is 6.01.